The van der Waals surface area contributed by atoms with Gasteiger partial charge in [0.25, 0.3) is 0 Å². The maximum atomic E-state index is 12.1. The number of benzene rings is 1. The number of ether oxygens (including phenoxy) is 2. The minimum absolute atomic E-state index is 0.0556. The first kappa shape index (κ1) is 14.8. The Morgan fingerprint density at radius 2 is 1.95 bits per heavy atom. The topological polar surface area (TPSA) is 48.4 Å². The number of nitrogens with zero attached hydrogens (tertiary/aromatic N) is 1. The fraction of sp³-hybridized carbons (Fsp3) is 0.143. The van der Waals surface area contributed by atoms with Crippen molar-refractivity contribution in [2.75, 3.05) is 0 Å². The number of carbonyl (C=O) groups excluding carboxylic acids is 1. The van der Waals surface area contributed by atoms with Crippen LogP contribution in [0.1, 0.15) is 16.1 Å². The zero-order chi connectivity index (χ0) is 15.5. The Morgan fingerprint density at radius 1 is 1.19 bits per heavy atom. The molecule has 0 radical (unpaired) electrons. The molecule has 2 aromatic rings. The van der Waals surface area contributed by atoms with E-state index in [1.165, 1.54) is 6.07 Å². The van der Waals surface area contributed by atoms with E-state index in [4.69, 9.17) is 4.74 Å². The van der Waals surface area contributed by atoms with Crippen LogP contribution in [0.15, 0.2) is 36.5 Å². The summed E-state index contributed by atoms with van der Waals surface area (Å²) >= 11 is 0. The zero-order valence-corrected chi connectivity index (χ0v) is 10.8. The smallest absolute Gasteiger partial charge is 0.455 e. The summed E-state index contributed by atoms with van der Waals surface area (Å²) in [5.41, 5.74) is 0.532. The largest absolute Gasteiger partial charge is 0.573 e. The highest BCUT2D eigenvalue weighted by atomic mass is 19.4. The van der Waals surface area contributed by atoms with Crippen LogP contribution in [0, 0.1) is 6.92 Å². The van der Waals surface area contributed by atoms with E-state index in [1.807, 2.05) is 0 Å². The average molecular weight is 297 g/mol. The molecule has 0 fully saturated rings. The summed E-state index contributed by atoms with van der Waals surface area (Å²) in [5.74, 6) is 0.0422. The van der Waals surface area contributed by atoms with E-state index in [-0.39, 0.29) is 11.3 Å². The summed E-state index contributed by atoms with van der Waals surface area (Å²) in [6, 6.07) is 6.54. The van der Waals surface area contributed by atoms with Crippen LogP contribution in [0.3, 0.4) is 0 Å². The second-order valence-electron chi connectivity index (χ2n) is 4.05. The Morgan fingerprint density at radius 3 is 2.57 bits per heavy atom. The average Bonchev–Trinajstić information content (AvgIpc) is 2.41. The zero-order valence-electron chi connectivity index (χ0n) is 10.8. The number of pyridine rings is 1. The molecule has 0 aliphatic carbocycles. The van der Waals surface area contributed by atoms with Crippen LogP contribution in [0.25, 0.3) is 0 Å². The van der Waals surface area contributed by atoms with Crippen molar-refractivity contribution in [1.29, 1.82) is 0 Å². The number of carbonyl (C=O) groups is 1. The Balaban J connectivity index is 2.29. The van der Waals surface area contributed by atoms with Crippen molar-refractivity contribution in [2.24, 2.45) is 0 Å². The molecule has 1 aromatic heterocycles. The van der Waals surface area contributed by atoms with Crippen molar-refractivity contribution < 1.29 is 27.4 Å². The number of aryl methyl sites for hydroxylation is 1. The molecule has 0 bridgehead atoms. The van der Waals surface area contributed by atoms with E-state index in [0.29, 0.717) is 17.7 Å². The third-order valence-electron chi connectivity index (χ3n) is 2.52. The lowest BCUT2D eigenvalue weighted by atomic mass is 10.2. The van der Waals surface area contributed by atoms with Crippen LogP contribution < -0.4 is 9.47 Å². The summed E-state index contributed by atoms with van der Waals surface area (Å²) < 4.78 is 45.6. The molecule has 0 unspecified atom stereocenters. The molecule has 1 aromatic carbocycles. The molecule has 0 aliphatic rings. The van der Waals surface area contributed by atoms with E-state index >= 15 is 0 Å². The normalized spacial score (nSPS) is 11.0. The molecular weight excluding hydrogens is 287 g/mol. The van der Waals surface area contributed by atoms with Gasteiger partial charge in [-0.2, -0.15) is 0 Å². The maximum absolute atomic E-state index is 12.1. The fourth-order valence-corrected chi connectivity index (χ4v) is 1.60. The van der Waals surface area contributed by atoms with Gasteiger partial charge < -0.3 is 9.47 Å². The SMILES string of the molecule is Cc1ncccc1Oc1ccc(OC(F)(F)F)cc1C=O. The molecule has 0 saturated heterocycles. The minimum Gasteiger partial charge on any atom is -0.455 e. The van der Waals surface area contributed by atoms with Gasteiger partial charge in [-0.25, -0.2) is 0 Å². The van der Waals surface area contributed by atoms with E-state index < -0.39 is 12.1 Å². The molecule has 110 valence electrons. The van der Waals surface area contributed by atoms with Gasteiger partial charge in [0.1, 0.15) is 17.2 Å². The Kier molecular flexibility index (Phi) is 4.11. The van der Waals surface area contributed by atoms with Crippen LogP contribution in [0.5, 0.6) is 17.2 Å². The second kappa shape index (κ2) is 5.82. The van der Waals surface area contributed by atoms with E-state index in [0.717, 1.165) is 12.1 Å². The molecular formula is C14H10F3NO3. The molecule has 0 amide bonds. The summed E-state index contributed by atoms with van der Waals surface area (Å²) in [6.07, 6.45) is -2.85. The quantitative estimate of drug-likeness (QED) is 0.803. The lowest BCUT2D eigenvalue weighted by molar-refractivity contribution is -0.274. The van der Waals surface area contributed by atoms with Crippen LogP contribution >= 0.6 is 0 Å². The number of alkyl halides is 3. The van der Waals surface area contributed by atoms with Crippen LogP contribution in [-0.4, -0.2) is 17.6 Å². The van der Waals surface area contributed by atoms with E-state index in [2.05, 4.69) is 9.72 Å². The van der Waals surface area contributed by atoms with E-state index in [9.17, 15) is 18.0 Å². The van der Waals surface area contributed by atoms with Crippen molar-refractivity contribution in [3.8, 4) is 17.2 Å². The first-order valence-corrected chi connectivity index (χ1v) is 5.83. The molecule has 2 rings (SSSR count). The number of hydrogen-bond acceptors (Lipinski definition) is 4. The lowest BCUT2D eigenvalue weighted by Gasteiger charge is -2.12. The van der Waals surface area contributed by atoms with Crippen molar-refractivity contribution in [3.63, 3.8) is 0 Å². The minimum atomic E-state index is -4.82. The summed E-state index contributed by atoms with van der Waals surface area (Å²) in [4.78, 5) is 15.0. The Hall–Kier alpha value is -2.57. The van der Waals surface area contributed by atoms with Crippen molar-refractivity contribution >= 4 is 6.29 Å². The molecule has 7 heteroatoms. The molecule has 0 spiro atoms. The first-order chi connectivity index (χ1) is 9.89. The summed E-state index contributed by atoms with van der Waals surface area (Å²) in [7, 11) is 0. The van der Waals surface area contributed by atoms with Gasteiger partial charge in [0.05, 0.1) is 11.3 Å². The Bertz CT molecular complexity index is 656. The molecule has 4 nitrogen and oxygen atoms in total. The maximum Gasteiger partial charge on any atom is 0.573 e. The number of aromatic nitrogens is 1. The van der Waals surface area contributed by atoms with Crippen LogP contribution in [0.4, 0.5) is 13.2 Å². The summed E-state index contributed by atoms with van der Waals surface area (Å²) in [5, 5.41) is 0. The van der Waals surface area contributed by atoms with Gasteiger partial charge in [-0.15, -0.1) is 13.2 Å². The third-order valence-corrected chi connectivity index (χ3v) is 2.52. The molecule has 0 aliphatic heterocycles. The predicted molar refractivity (Wildman–Crippen MR) is 67.6 cm³/mol. The number of halogens is 3. The molecule has 1 heterocycles. The van der Waals surface area contributed by atoms with Gasteiger partial charge in [-0.05, 0) is 37.3 Å². The lowest BCUT2D eigenvalue weighted by Crippen LogP contribution is -2.17. The third kappa shape index (κ3) is 3.95. The predicted octanol–water partition coefficient (Wildman–Crippen LogP) is 3.89. The highest BCUT2D eigenvalue weighted by Gasteiger charge is 2.31. The van der Waals surface area contributed by atoms with E-state index in [1.54, 1.807) is 25.3 Å². The van der Waals surface area contributed by atoms with Gasteiger partial charge >= 0.3 is 6.36 Å². The monoisotopic (exact) mass is 297 g/mol. The standard InChI is InChI=1S/C14H10F3NO3/c1-9-12(3-2-6-18-9)20-13-5-4-11(7-10(13)8-19)21-14(15,16)17/h2-8H,1H3. The first-order valence-electron chi connectivity index (χ1n) is 5.83. The van der Waals surface area contributed by atoms with Gasteiger partial charge in [-0.3, -0.25) is 9.78 Å². The van der Waals surface area contributed by atoms with Gasteiger partial charge in [0.2, 0.25) is 0 Å². The molecule has 0 atom stereocenters. The highest BCUT2D eigenvalue weighted by Crippen LogP contribution is 2.31. The van der Waals surface area contributed by atoms with Crippen molar-refractivity contribution in [1.82, 2.24) is 4.98 Å². The van der Waals surface area contributed by atoms with Crippen molar-refractivity contribution in [2.45, 2.75) is 13.3 Å². The molecule has 21 heavy (non-hydrogen) atoms. The second-order valence-corrected chi connectivity index (χ2v) is 4.05. The number of hydrogen-bond donors (Lipinski definition) is 0. The van der Waals surface area contributed by atoms with Crippen molar-refractivity contribution in [3.05, 3.63) is 47.8 Å². The highest BCUT2D eigenvalue weighted by molar-refractivity contribution is 5.80. The van der Waals surface area contributed by atoms with Gasteiger partial charge in [-0.1, -0.05) is 0 Å². The van der Waals surface area contributed by atoms with Crippen LogP contribution in [0.2, 0.25) is 0 Å². The van der Waals surface area contributed by atoms with Gasteiger partial charge in [0.15, 0.2) is 6.29 Å². The fourth-order valence-electron chi connectivity index (χ4n) is 1.60. The number of rotatable bonds is 4. The summed E-state index contributed by atoms with van der Waals surface area (Å²) in [6.45, 7) is 1.71. The number of aldehydes is 1. The molecule has 0 saturated carbocycles. The Labute approximate surface area is 118 Å². The molecule has 0 N–H and O–H groups in total. The van der Waals surface area contributed by atoms with Gasteiger partial charge in [0, 0.05) is 6.20 Å². The van der Waals surface area contributed by atoms with Crippen LogP contribution in [-0.2, 0) is 0 Å².